The van der Waals surface area contributed by atoms with E-state index in [2.05, 4.69) is 0 Å². The van der Waals surface area contributed by atoms with Gasteiger partial charge < -0.3 is 14.9 Å². The van der Waals surface area contributed by atoms with Crippen LogP contribution in [-0.2, 0) is 11.3 Å². The van der Waals surface area contributed by atoms with Crippen LogP contribution >= 0.6 is 0 Å². The van der Waals surface area contributed by atoms with Crippen molar-refractivity contribution >= 4 is 17.5 Å². The van der Waals surface area contributed by atoms with Gasteiger partial charge in [0.1, 0.15) is 23.7 Å². The monoisotopic (exact) mass is 328 g/mol. The average molecular weight is 328 g/mol. The van der Waals surface area contributed by atoms with Gasteiger partial charge in [-0.3, -0.25) is 9.59 Å². The molecular formula is C18H16O6. The highest BCUT2D eigenvalue weighted by Gasteiger charge is 2.23. The standard InChI is InChI=1S/C18H16O6/c1-10(19)14-6-7-15(17(22)16(14)11(2)20)18(23)24-9-12-4-3-5-13(21)8-12/h3-8,21-22H,9H2,1-2H3. The van der Waals surface area contributed by atoms with Crippen LogP contribution in [0.3, 0.4) is 0 Å². The van der Waals surface area contributed by atoms with Gasteiger partial charge in [0, 0.05) is 5.56 Å². The number of carbonyl (C=O) groups excluding carboxylic acids is 3. The van der Waals surface area contributed by atoms with Crippen LogP contribution < -0.4 is 0 Å². The lowest BCUT2D eigenvalue weighted by Gasteiger charge is -2.11. The molecule has 2 rings (SSSR count). The van der Waals surface area contributed by atoms with E-state index in [1.807, 2.05) is 0 Å². The molecule has 0 aliphatic carbocycles. The maximum absolute atomic E-state index is 12.1. The van der Waals surface area contributed by atoms with Crippen molar-refractivity contribution in [2.75, 3.05) is 0 Å². The number of Topliss-reactive ketones (excluding diaryl/α,β-unsaturated/α-hetero) is 2. The maximum atomic E-state index is 12.1. The number of carbonyl (C=O) groups is 3. The molecule has 0 saturated carbocycles. The van der Waals surface area contributed by atoms with Crippen molar-refractivity contribution < 1.29 is 29.3 Å². The highest BCUT2D eigenvalue weighted by Crippen LogP contribution is 2.28. The van der Waals surface area contributed by atoms with Gasteiger partial charge in [-0.25, -0.2) is 4.79 Å². The molecule has 0 saturated heterocycles. The molecule has 0 spiro atoms. The molecule has 0 amide bonds. The molecule has 0 bridgehead atoms. The van der Waals surface area contributed by atoms with Crippen molar-refractivity contribution in [2.45, 2.75) is 20.5 Å². The zero-order valence-corrected chi connectivity index (χ0v) is 13.2. The topological polar surface area (TPSA) is 101 Å². The number of aromatic hydroxyl groups is 2. The number of ketones is 2. The summed E-state index contributed by atoms with van der Waals surface area (Å²) in [5, 5.41) is 19.6. The van der Waals surface area contributed by atoms with Crippen LogP contribution in [0.25, 0.3) is 0 Å². The SMILES string of the molecule is CC(=O)c1ccc(C(=O)OCc2cccc(O)c2)c(O)c1C(C)=O. The zero-order chi connectivity index (χ0) is 17.9. The van der Waals surface area contributed by atoms with Crippen molar-refractivity contribution in [2.24, 2.45) is 0 Å². The number of benzene rings is 2. The summed E-state index contributed by atoms with van der Waals surface area (Å²) >= 11 is 0. The highest BCUT2D eigenvalue weighted by molar-refractivity contribution is 6.11. The van der Waals surface area contributed by atoms with Crippen LogP contribution in [0.15, 0.2) is 36.4 Å². The number of hydrogen-bond acceptors (Lipinski definition) is 6. The van der Waals surface area contributed by atoms with E-state index in [9.17, 15) is 24.6 Å². The Balaban J connectivity index is 2.28. The van der Waals surface area contributed by atoms with Crippen LogP contribution in [0, 0.1) is 0 Å². The third-order valence-corrected chi connectivity index (χ3v) is 3.41. The number of hydrogen-bond donors (Lipinski definition) is 2. The second-order valence-electron chi connectivity index (χ2n) is 5.24. The number of phenolic OH excluding ortho intramolecular Hbond substituents is 2. The molecule has 2 N–H and O–H groups in total. The average Bonchev–Trinajstić information content (AvgIpc) is 2.51. The Bertz CT molecular complexity index is 822. The van der Waals surface area contributed by atoms with Crippen molar-refractivity contribution in [3.63, 3.8) is 0 Å². The van der Waals surface area contributed by atoms with Gasteiger partial charge >= 0.3 is 5.97 Å². The maximum Gasteiger partial charge on any atom is 0.342 e. The van der Waals surface area contributed by atoms with Gasteiger partial charge in [-0.15, -0.1) is 0 Å². The second kappa shape index (κ2) is 6.95. The van der Waals surface area contributed by atoms with E-state index in [-0.39, 0.29) is 29.0 Å². The first-order valence-electron chi connectivity index (χ1n) is 7.14. The minimum Gasteiger partial charge on any atom is -0.508 e. The number of ether oxygens (including phenoxy) is 1. The fourth-order valence-corrected chi connectivity index (χ4v) is 2.28. The molecule has 0 aliphatic heterocycles. The Hall–Kier alpha value is -3.15. The molecule has 0 unspecified atom stereocenters. The first-order chi connectivity index (χ1) is 11.3. The van der Waals surface area contributed by atoms with Crippen LogP contribution in [0.4, 0.5) is 0 Å². The van der Waals surface area contributed by atoms with E-state index in [0.29, 0.717) is 5.56 Å². The Morgan fingerprint density at radius 3 is 2.21 bits per heavy atom. The summed E-state index contributed by atoms with van der Waals surface area (Å²) in [6.07, 6.45) is 0. The normalized spacial score (nSPS) is 10.2. The molecule has 124 valence electrons. The van der Waals surface area contributed by atoms with E-state index in [0.717, 1.165) is 0 Å². The summed E-state index contributed by atoms with van der Waals surface area (Å²) < 4.78 is 5.08. The van der Waals surface area contributed by atoms with Crippen molar-refractivity contribution in [1.29, 1.82) is 0 Å². The van der Waals surface area contributed by atoms with Crippen LogP contribution in [0.2, 0.25) is 0 Å². The van der Waals surface area contributed by atoms with Gasteiger partial charge in [0.15, 0.2) is 11.6 Å². The number of esters is 1. The molecule has 0 aliphatic rings. The summed E-state index contributed by atoms with van der Waals surface area (Å²) in [6, 6.07) is 8.73. The smallest absolute Gasteiger partial charge is 0.342 e. The van der Waals surface area contributed by atoms with Gasteiger partial charge in [-0.2, -0.15) is 0 Å². The summed E-state index contributed by atoms with van der Waals surface area (Å²) in [5.74, 6) is -2.30. The van der Waals surface area contributed by atoms with E-state index in [1.165, 1.54) is 38.1 Å². The van der Waals surface area contributed by atoms with E-state index >= 15 is 0 Å². The lowest BCUT2D eigenvalue weighted by molar-refractivity contribution is 0.0468. The molecule has 24 heavy (non-hydrogen) atoms. The van der Waals surface area contributed by atoms with Gasteiger partial charge in [0.05, 0.1) is 5.56 Å². The van der Waals surface area contributed by atoms with Crippen molar-refractivity contribution in [3.8, 4) is 11.5 Å². The van der Waals surface area contributed by atoms with Gasteiger partial charge in [0.25, 0.3) is 0 Å². The minimum atomic E-state index is -0.839. The molecule has 0 fully saturated rings. The third kappa shape index (κ3) is 3.60. The van der Waals surface area contributed by atoms with Gasteiger partial charge in [0.2, 0.25) is 0 Å². The van der Waals surface area contributed by atoms with E-state index in [1.54, 1.807) is 12.1 Å². The van der Waals surface area contributed by atoms with E-state index in [4.69, 9.17) is 4.74 Å². The molecule has 6 heteroatoms. The summed E-state index contributed by atoms with van der Waals surface area (Å²) in [5.41, 5.74) is 0.208. The predicted octanol–water partition coefficient (Wildman–Crippen LogP) is 2.86. The molecule has 6 nitrogen and oxygen atoms in total. The van der Waals surface area contributed by atoms with Crippen LogP contribution in [0.5, 0.6) is 11.5 Å². The Labute approximate surface area is 138 Å². The Kier molecular flexibility index (Phi) is 4.99. The summed E-state index contributed by atoms with van der Waals surface area (Å²) in [6.45, 7) is 2.35. The zero-order valence-electron chi connectivity index (χ0n) is 13.2. The molecular weight excluding hydrogens is 312 g/mol. The third-order valence-electron chi connectivity index (χ3n) is 3.41. The molecule has 0 aromatic heterocycles. The summed E-state index contributed by atoms with van der Waals surface area (Å²) in [4.78, 5) is 35.4. The quantitative estimate of drug-likeness (QED) is 0.646. The van der Waals surface area contributed by atoms with Gasteiger partial charge in [-0.05, 0) is 43.7 Å². The lowest BCUT2D eigenvalue weighted by Crippen LogP contribution is -2.11. The molecule has 2 aromatic rings. The van der Waals surface area contributed by atoms with Crippen LogP contribution in [0.1, 0.15) is 50.5 Å². The lowest BCUT2D eigenvalue weighted by atomic mass is 9.97. The first-order valence-corrected chi connectivity index (χ1v) is 7.14. The largest absolute Gasteiger partial charge is 0.508 e. The summed E-state index contributed by atoms with van der Waals surface area (Å²) in [7, 11) is 0. The Morgan fingerprint density at radius 2 is 1.62 bits per heavy atom. The predicted molar refractivity (Wildman–Crippen MR) is 85.3 cm³/mol. The molecule has 0 radical (unpaired) electrons. The number of rotatable bonds is 5. The molecule has 2 aromatic carbocycles. The van der Waals surface area contributed by atoms with Gasteiger partial charge in [-0.1, -0.05) is 12.1 Å². The van der Waals surface area contributed by atoms with Crippen molar-refractivity contribution in [1.82, 2.24) is 0 Å². The van der Waals surface area contributed by atoms with E-state index < -0.39 is 23.3 Å². The Morgan fingerprint density at radius 1 is 0.958 bits per heavy atom. The van der Waals surface area contributed by atoms with Crippen LogP contribution in [-0.4, -0.2) is 27.7 Å². The van der Waals surface area contributed by atoms with Crippen molar-refractivity contribution in [3.05, 3.63) is 58.7 Å². The fourth-order valence-electron chi connectivity index (χ4n) is 2.28. The first kappa shape index (κ1) is 17.2. The second-order valence-corrected chi connectivity index (χ2v) is 5.24. The molecule has 0 atom stereocenters. The molecule has 0 heterocycles. The number of phenols is 2. The fraction of sp³-hybridized carbons (Fsp3) is 0.167. The minimum absolute atomic E-state index is 0.0380. The highest BCUT2D eigenvalue weighted by atomic mass is 16.5.